The molecule has 2 fully saturated rings. The van der Waals surface area contributed by atoms with Gasteiger partial charge in [0.25, 0.3) is 0 Å². The van der Waals surface area contributed by atoms with Crippen LogP contribution in [0.1, 0.15) is 5.56 Å². The third-order valence-electron chi connectivity index (χ3n) is 6.64. The van der Waals surface area contributed by atoms with E-state index in [4.69, 9.17) is 9.47 Å². The average molecular weight is 469 g/mol. The molecule has 5 rings (SSSR count). The Kier molecular flexibility index (Phi) is 5.81. The number of benzene rings is 1. The Morgan fingerprint density at radius 3 is 2.73 bits per heavy atom. The number of ether oxygens (including phenoxy) is 2. The summed E-state index contributed by atoms with van der Waals surface area (Å²) in [6, 6.07) is 8.49. The Morgan fingerprint density at radius 2 is 2.09 bits per heavy atom. The number of fused-ring (bicyclic) bond motifs is 1. The number of nitrogens with zero attached hydrogens (tertiary/aromatic N) is 4. The molecule has 174 valence electrons. The molecule has 2 aromatic heterocycles. The fraction of sp³-hybridized carbons (Fsp3) is 0.409. The van der Waals surface area contributed by atoms with Crippen molar-refractivity contribution in [2.45, 2.75) is 6.04 Å². The minimum absolute atomic E-state index is 0.372. The summed E-state index contributed by atoms with van der Waals surface area (Å²) in [6.45, 7) is 3.41. The normalized spacial score (nSPS) is 19.5. The van der Waals surface area contributed by atoms with Crippen LogP contribution in [0.2, 0.25) is 0 Å². The Bertz CT molecular complexity index is 1210. The second-order valence-corrected chi connectivity index (χ2v) is 12.1. The first-order valence-electron chi connectivity index (χ1n) is 11.0. The Labute approximate surface area is 192 Å². The molecule has 11 heteroatoms. The second-order valence-electron chi connectivity index (χ2n) is 8.48. The van der Waals surface area contributed by atoms with Crippen LogP contribution in [-0.4, -0.2) is 83.6 Å². The van der Waals surface area contributed by atoms with Crippen molar-refractivity contribution in [3.63, 3.8) is 0 Å². The first-order valence-corrected chi connectivity index (χ1v) is 13.4. The monoisotopic (exact) mass is 469 g/mol. The molecule has 3 aromatic rings. The number of anilines is 3. The van der Waals surface area contributed by atoms with Gasteiger partial charge in [0.1, 0.15) is 0 Å². The van der Waals surface area contributed by atoms with Crippen LogP contribution >= 0.6 is 7.49 Å². The van der Waals surface area contributed by atoms with Crippen LogP contribution in [0.15, 0.2) is 24.4 Å². The second kappa shape index (κ2) is 8.76. The van der Waals surface area contributed by atoms with E-state index in [1.165, 1.54) is 0 Å². The number of nitriles is 1. The molecular formula is C22H28N7O3P. The zero-order valence-electron chi connectivity index (χ0n) is 18.7. The zero-order chi connectivity index (χ0) is 23.0. The third-order valence-corrected chi connectivity index (χ3v) is 10.1. The molecule has 0 atom stereocenters. The van der Waals surface area contributed by atoms with E-state index in [2.05, 4.69) is 36.6 Å². The van der Waals surface area contributed by atoms with Crippen molar-refractivity contribution >= 4 is 41.3 Å². The van der Waals surface area contributed by atoms with Crippen LogP contribution in [0.5, 0.6) is 5.75 Å². The number of aromatic amines is 1. The number of methoxy groups -OCH3 is 1. The summed E-state index contributed by atoms with van der Waals surface area (Å²) in [5, 5.41) is 17.2. The minimum atomic E-state index is -2.57. The van der Waals surface area contributed by atoms with Gasteiger partial charge in [0.15, 0.2) is 0 Å². The summed E-state index contributed by atoms with van der Waals surface area (Å²) in [6.07, 6.45) is 3.23. The van der Waals surface area contributed by atoms with Crippen molar-refractivity contribution in [3.8, 4) is 11.8 Å². The van der Waals surface area contributed by atoms with Crippen LogP contribution in [0.4, 0.5) is 17.5 Å². The van der Waals surface area contributed by atoms with Crippen molar-refractivity contribution in [3.05, 3.63) is 30.0 Å². The Hall–Kier alpha value is -2.96. The van der Waals surface area contributed by atoms with E-state index in [1.807, 2.05) is 18.2 Å². The Balaban J connectivity index is 1.38. The van der Waals surface area contributed by atoms with Gasteiger partial charge in [-0.15, -0.1) is 0 Å². The van der Waals surface area contributed by atoms with Crippen molar-refractivity contribution in [1.29, 1.82) is 5.26 Å². The quantitative estimate of drug-likeness (QED) is 0.398. The maximum atomic E-state index is 11.5. The first kappa shape index (κ1) is 21.9. The molecule has 4 heterocycles. The molecule has 33 heavy (non-hydrogen) atoms. The fourth-order valence-electron chi connectivity index (χ4n) is 4.54. The molecular weight excluding hydrogens is 441 g/mol. The van der Waals surface area contributed by atoms with E-state index in [9.17, 15) is 10.2 Å². The van der Waals surface area contributed by atoms with Crippen molar-refractivity contribution < 1.29 is 14.4 Å². The molecule has 2 aliphatic heterocycles. The topological polar surface area (TPSA) is 131 Å². The molecule has 0 unspecified atom stereocenters. The van der Waals surface area contributed by atoms with Gasteiger partial charge >= 0.3 is 192 Å². The first-order chi connectivity index (χ1) is 16.0. The molecule has 0 amide bonds. The number of H-pyrrole nitrogens is 1. The molecule has 1 aromatic carbocycles. The number of hydrogen-bond acceptors (Lipinski definition) is 9. The molecule has 0 saturated carbocycles. The van der Waals surface area contributed by atoms with Crippen molar-refractivity contribution in [2.24, 2.45) is 0 Å². The van der Waals surface area contributed by atoms with Crippen LogP contribution in [0.3, 0.4) is 0 Å². The SMILES string of the molecule is CNc1nc(Nc2ccc([PH]3(O)CCN(C4COC4)CC3)cc2OC)nc2[nH]cc(C#N)c12. The van der Waals surface area contributed by atoms with Crippen LogP contribution < -0.4 is 20.7 Å². The van der Waals surface area contributed by atoms with E-state index >= 15 is 0 Å². The summed E-state index contributed by atoms with van der Waals surface area (Å²) >= 11 is 0. The molecule has 2 saturated heterocycles. The summed E-state index contributed by atoms with van der Waals surface area (Å²) in [7, 11) is 0.796. The summed E-state index contributed by atoms with van der Waals surface area (Å²) < 4.78 is 11.0. The molecule has 4 N–H and O–H groups in total. The number of nitrogens with one attached hydrogen (secondary N) is 3. The average Bonchev–Trinajstić information content (AvgIpc) is 3.22. The van der Waals surface area contributed by atoms with Gasteiger partial charge in [-0.1, -0.05) is 0 Å². The van der Waals surface area contributed by atoms with Gasteiger partial charge in [-0.25, -0.2) is 0 Å². The summed E-state index contributed by atoms with van der Waals surface area (Å²) in [5.74, 6) is 1.56. The molecule has 0 aliphatic carbocycles. The molecule has 0 radical (unpaired) electrons. The summed E-state index contributed by atoms with van der Waals surface area (Å²) in [5.41, 5.74) is 1.75. The molecule has 2 aliphatic rings. The van der Waals surface area contributed by atoms with Gasteiger partial charge < -0.3 is 0 Å². The van der Waals surface area contributed by atoms with Gasteiger partial charge in [-0.2, -0.15) is 0 Å². The van der Waals surface area contributed by atoms with E-state index in [0.717, 1.165) is 43.9 Å². The summed E-state index contributed by atoms with van der Waals surface area (Å²) in [4.78, 5) is 26.0. The zero-order valence-corrected chi connectivity index (χ0v) is 19.7. The van der Waals surface area contributed by atoms with E-state index in [-0.39, 0.29) is 0 Å². The van der Waals surface area contributed by atoms with Gasteiger partial charge in [0.2, 0.25) is 0 Å². The van der Waals surface area contributed by atoms with Crippen LogP contribution in [0.25, 0.3) is 11.0 Å². The van der Waals surface area contributed by atoms with Gasteiger partial charge in [0.05, 0.1) is 0 Å². The van der Waals surface area contributed by atoms with E-state index < -0.39 is 7.49 Å². The van der Waals surface area contributed by atoms with E-state index in [0.29, 0.717) is 45.8 Å². The maximum absolute atomic E-state index is 11.5. The Morgan fingerprint density at radius 1 is 1.30 bits per heavy atom. The van der Waals surface area contributed by atoms with E-state index in [1.54, 1.807) is 20.4 Å². The van der Waals surface area contributed by atoms with Crippen molar-refractivity contribution in [2.75, 3.05) is 63.4 Å². The van der Waals surface area contributed by atoms with Gasteiger partial charge in [-0.05, 0) is 0 Å². The van der Waals surface area contributed by atoms with Crippen LogP contribution in [-0.2, 0) is 4.74 Å². The van der Waals surface area contributed by atoms with Crippen LogP contribution in [0, 0.1) is 11.3 Å². The fourth-order valence-corrected chi connectivity index (χ4v) is 7.48. The predicted octanol–water partition coefficient (Wildman–Crippen LogP) is 1.62. The van der Waals surface area contributed by atoms with Crippen molar-refractivity contribution in [1.82, 2.24) is 19.9 Å². The van der Waals surface area contributed by atoms with Gasteiger partial charge in [-0.3, -0.25) is 0 Å². The molecule has 10 nitrogen and oxygen atoms in total. The van der Waals surface area contributed by atoms with Gasteiger partial charge in [0, 0.05) is 0 Å². The number of rotatable bonds is 6. The standard InChI is InChI=1S/C22H28N7O3P/c1-24-20-19-14(10-23)11-25-21(19)28-22(27-20)26-17-4-3-16(9-18(17)31-2)33(30)7-5-29(6-8-33)15-12-32-13-15/h3-4,9,11,15,30,33H,5-8,12-13H2,1-2H3,(H3,24,25,26,27,28). The number of aromatic nitrogens is 3. The number of hydrogen-bond donors (Lipinski definition) is 4. The third kappa shape index (κ3) is 3.98. The molecule has 0 spiro atoms. The molecule has 0 bridgehead atoms. The predicted molar refractivity (Wildman–Crippen MR) is 131 cm³/mol.